The Morgan fingerprint density at radius 2 is 1.44 bits per heavy atom. The van der Waals surface area contributed by atoms with Gasteiger partial charge in [-0.1, -0.05) is 81.9 Å². The summed E-state index contributed by atoms with van der Waals surface area (Å²) in [6.45, 7) is 4.25. The van der Waals surface area contributed by atoms with Crippen LogP contribution >= 0.6 is 0 Å². The first kappa shape index (κ1) is 25.1. The van der Waals surface area contributed by atoms with E-state index in [1.54, 1.807) is 6.07 Å². The summed E-state index contributed by atoms with van der Waals surface area (Å²) in [5.41, 5.74) is 4.22. The summed E-state index contributed by atoms with van der Waals surface area (Å²) in [5.74, 6) is 2.04. The molecule has 34 heavy (non-hydrogen) atoms. The van der Waals surface area contributed by atoms with Gasteiger partial charge in [0.1, 0.15) is 0 Å². The van der Waals surface area contributed by atoms with Crippen LogP contribution in [0.3, 0.4) is 0 Å². The van der Waals surface area contributed by atoms with Crippen LogP contribution in [0.4, 0.5) is 8.78 Å². The van der Waals surface area contributed by atoms with E-state index in [0.717, 1.165) is 34.5 Å². The third-order valence-electron chi connectivity index (χ3n) is 8.71. The van der Waals surface area contributed by atoms with Crippen molar-refractivity contribution in [3.63, 3.8) is 0 Å². The standard InChI is InChI=1S/C32H42F2/c1-3-4-5-6-24-7-11-26(12-8-24)28-15-17-29(18-16-28)27-13-9-25(10-14-27)21-23(2)30-19-20-31(33)32(34)22-30/h9-10,13-14,19-22,24,26,28-29H,3-8,11-12,15-18H2,1-2H3/b23-21+. The fourth-order valence-electron chi connectivity index (χ4n) is 6.49. The van der Waals surface area contributed by atoms with E-state index in [4.69, 9.17) is 0 Å². The first-order valence-corrected chi connectivity index (χ1v) is 13.8. The van der Waals surface area contributed by atoms with E-state index in [1.807, 2.05) is 13.0 Å². The molecule has 0 unspecified atom stereocenters. The maximum absolute atomic E-state index is 13.6. The van der Waals surface area contributed by atoms with Gasteiger partial charge in [-0.3, -0.25) is 0 Å². The molecule has 2 aliphatic rings. The minimum absolute atomic E-state index is 0.687. The van der Waals surface area contributed by atoms with E-state index in [1.165, 1.54) is 94.7 Å². The van der Waals surface area contributed by atoms with Crippen molar-refractivity contribution >= 4 is 11.6 Å². The highest BCUT2D eigenvalue weighted by Gasteiger charge is 2.31. The maximum Gasteiger partial charge on any atom is 0.159 e. The molecule has 2 heteroatoms. The van der Waals surface area contributed by atoms with Gasteiger partial charge in [0.25, 0.3) is 0 Å². The van der Waals surface area contributed by atoms with Gasteiger partial charge in [0.05, 0.1) is 0 Å². The third-order valence-corrected chi connectivity index (χ3v) is 8.71. The molecule has 0 N–H and O–H groups in total. The molecule has 0 aromatic heterocycles. The predicted molar refractivity (Wildman–Crippen MR) is 141 cm³/mol. The molecule has 0 aliphatic heterocycles. The molecule has 184 valence electrons. The molecule has 0 radical (unpaired) electrons. The van der Waals surface area contributed by atoms with Gasteiger partial charge in [0.15, 0.2) is 11.6 Å². The molecule has 0 saturated heterocycles. The number of halogens is 2. The molecule has 0 spiro atoms. The largest absolute Gasteiger partial charge is 0.204 e. The quantitative estimate of drug-likeness (QED) is 0.269. The van der Waals surface area contributed by atoms with Gasteiger partial charge in [0.2, 0.25) is 0 Å². The van der Waals surface area contributed by atoms with Gasteiger partial charge >= 0.3 is 0 Å². The Morgan fingerprint density at radius 3 is 2.06 bits per heavy atom. The van der Waals surface area contributed by atoms with Crippen LogP contribution in [0.2, 0.25) is 0 Å². The van der Waals surface area contributed by atoms with Crippen molar-refractivity contribution in [2.24, 2.45) is 17.8 Å². The molecule has 0 amide bonds. The van der Waals surface area contributed by atoms with Crippen molar-refractivity contribution in [1.29, 1.82) is 0 Å². The summed E-state index contributed by atoms with van der Waals surface area (Å²) in [4.78, 5) is 0. The van der Waals surface area contributed by atoms with Gasteiger partial charge in [-0.25, -0.2) is 8.78 Å². The Bertz CT molecular complexity index is 926. The van der Waals surface area contributed by atoms with E-state index in [0.29, 0.717) is 5.92 Å². The third kappa shape index (κ3) is 6.58. The fraction of sp³-hybridized carbons (Fsp3) is 0.562. The summed E-state index contributed by atoms with van der Waals surface area (Å²) >= 11 is 0. The first-order chi connectivity index (χ1) is 16.5. The van der Waals surface area contributed by atoms with E-state index in [2.05, 4.69) is 31.2 Å². The van der Waals surface area contributed by atoms with Crippen molar-refractivity contribution in [3.05, 3.63) is 70.8 Å². The summed E-state index contributed by atoms with van der Waals surface area (Å²) in [7, 11) is 0. The van der Waals surface area contributed by atoms with Crippen LogP contribution < -0.4 is 0 Å². The number of unbranched alkanes of at least 4 members (excludes halogenated alkanes) is 2. The molecule has 0 atom stereocenters. The molecule has 0 nitrogen and oxygen atoms in total. The average Bonchev–Trinajstić information content (AvgIpc) is 2.87. The zero-order chi connectivity index (χ0) is 23.9. The molecule has 2 aromatic carbocycles. The zero-order valence-electron chi connectivity index (χ0n) is 21.2. The topological polar surface area (TPSA) is 0 Å². The Balaban J connectivity index is 1.26. The molecule has 0 heterocycles. The smallest absolute Gasteiger partial charge is 0.159 e. The molecule has 2 saturated carbocycles. The zero-order valence-corrected chi connectivity index (χ0v) is 21.2. The predicted octanol–water partition coefficient (Wildman–Crippen LogP) is 10.2. The molecule has 2 aromatic rings. The highest BCUT2D eigenvalue weighted by molar-refractivity contribution is 5.80. The monoisotopic (exact) mass is 464 g/mol. The summed E-state index contributed by atoms with van der Waals surface area (Å²) in [6, 6.07) is 13.0. The van der Waals surface area contributed by atoms with Gasteiger partial charge < -0.3 is 0 Å². The van der Waals surface area contributed by atoms with E-state index in [-0.39, 0.29) is 0 Å². The minimum Gasteiger partial charge on any atom is -0.204 e. The lowest BCUT2D eigenvalue weighted by Crippen LogP contribution is -2.25. The van der Waals surface area contributed by atoms with Crippen LogP contribution in [0.1, 0.15) is 114 Å². The SMILES string of the molecule is CCCCCC1CCC(C2CCC(c3ccc(/C=C(\C)c4ccc(F)c(F)c4)cc3)CC2)CC1. The van der Waals surface area contributed by atoms with E-state index in [9.17, 15) is 8.78 Å². The van der Waals surface area contributed by atoms with Crippen molar-refractivity contribution < 1.29 is 8.78 Å². The van der Waals surface area contributed by atoms with Gasteiger partial charge in [-0.15, -0.1) is 0 Å². The van der Waals surface area contributed by atoms with Gasteiger partial charge in [0, 0.05) is 0 Å². The minimum atomic E-state index is -0.800. The second kappa shape index (κ2) is 12.1. The lowest BCUT2D eigenvalue weighted by Gasteiger charge is -2.38. The number of hydrogen-bond donors (Lipinski definition) is 0. The highest BCUT2D eigenvalue weighted by Crippen LogP contribution is 2.44. The molecular formula is C32H42F2. The number of hydrogen-bond acceptors (Lipinski definition) is 0. The second-order valence-electron chi connectivity index (χ2n) is 11.0. The lowest BCUT2D eigenvalue weighted by atomic mass is 9.68. The van der Waals surface area contributed by atoms with Gasteiger partial charge in [-0.05, 0) is 104 Å². The van der Waals surface area contributed by atoms with Crippen LogP contribution in [0.5, 0.6) is 0 Å². The van der Waals surface area contributed by atoms with Crippen molar-refractivity contribution in [2.45, 2.75) is 96.8 Å². The average molecular weight is 465 g/mol. The molecule has 2 fully saturated rings. The van der Waals surface area contributed by atoms with Crippen LogP contribution in [-0.2, 0) is 0 Å². The van der Waals surface area contributed by atoms with Crippen LogP contribution in [0.15, 0.2) is 42.5 Å². The van der Waals surface area contributed by atoms with Crippen molar-refractivity contribution in [2.75, 3.05) is 0 Å². The second-order valence-corrected chi connectivity index (χ2v) is 11.0. The number of rotatable bonds is 8. The van der Waals surface area contributed by atoms with Gasteiger partial charge in [-0.2, -0.15) is 0 Å². The lowest BCUT2D eigenvalue weighted by molar-refractivity contribution is 0.155. The summed E-state index contributed by atoms with van der Waals surface area (Å²) in [5, 5.41) is 0. The first-order valence-electron chi connectivity index (χ1n) is 13.8. The Kier molecular flexibility index (Phi) is 8.98. The van der Waals surface area contributed by atoms with Crippen LogP contribution in [0, 0.1) is 29.4 Å². The number of allylic oxidation sites excluding steroid dienone is 1. The molecule has 2 aliphatic carbocycles. The van der Waals surface area contributed by atoms with Crippen molar-refractivity contribution in [1.82, 2.24) is 0 Å². The fourth-order valence-corrected chi connectivity index (χ4v) is 6.49. The highest BCUT2D eigenvalue weighted by atomic mass is 19.2. The summed E-state index contributed by atoms with van der Waals surface area (Å²) < 4.78 is 26.8. The number of benzene rings is 2. The maximum atomic E-state index is 13.6. The normalized spacial score (nSPS) is 25.9. The Morgan fingerprint density at radius 1 is 0.794 bits per heavy atom. The van der Waals surface area contributed by atoms with Crippen LogP contribution in [0.25, 0.3) is 11.6 Å². The molecular weight excluding hydrogens is 422 g/mol. The van der Waals surface area contributed by atoms with Crippen LogP contribution in [-0.4, -0.2) is 0 Å². The molecule has 0 bridgehead atoms. The van der Waals surface area contributed by atoms with Crippen molar-refractivity contribution in [3.8, 4) is 0 Å². The Labute approximate surface area is 205 Å². The summed E-state index contributed by atoms with van der Waals surface area (Å²) in [6.07, 6.45) is 19.1. The van der Waals surface area contributed by atoms with E-state index >= 15 is 0 Å². The van der Waals surface area contributed by atoms with E-state index < -0.39 is 11.6 Å². The molecule has 4 rings (SSSR count). The Hall–Kier alpha value is -1.96.